The zero-order valence-corrected chi connectivity index (χ0v) is 15.9. The van der Waals surface area contributed by atoms with E-state index in [-0.39, 0.29) is 5.91 Å². The highest BCUT2D eigenvalue weighted by Gasteiger charge is 2.30. The summed E-state index contributed by atoms with van der Waals surface area (Å²) in [4.78, 5) is 13.3. The molecule has 0 radical (unpaired) electrons. The number of aromatic nitrogens is 2. The molecule has 0 aliphatic heterocycles. The fraction of sp³-hybridized carbons (Fsp3) is 0.588. The molecule has 1 aliphatic rings. The number of primary amides is 1. The van der Waals surface area contributed by atoms with E-state index >= 15 is 0 Å². The van der Waals surface area contributed by atoms with Crippen molar-refractivity contribution in [1.82, 2.24) is 10.2 Å². The number of hydrogen-bond donors (Lipinski definition) is 1. The predicted octanol–water partition coefficient (Wildman–Crippen LogP) is 3.92. The minimum absolute atomic E-state index is 0.309. The molecule has 2 aromatic heterocycles. The van der Waals surface area contributed by atoms with E-state index < -0.39 is 0 Å². The second kappa shape index (κ2) is 6.88. The van der Waals surface area contributed by atoms with Crippen molar-refractivity contribution in [1.29, 1.82) is 0 Å². The Morgan fingerprint density at radius 3 is 2.96 bits per heavy atom. The van der Waals surface area contributed by atoms with Crippen LogP contribution in [0.4, 0.5) is 0 Å². The summed E-state index contributed by atoms with van der Waals surface area (Å²) in [5.41, 5.74) is 6.91. The minimum Gasteiger partial charge on any atom is -0.410 e. The molecule has 130 valence electrons. The van der Waals surface area contributed by atoms with Crippen LogP contribution >= 0.6 is 23.1 Å². The summed E-state index contributed by atoms with van der Waals surface area (Å²) in [7, 11) is 0. The normalized spacial score (nSPS) is 17.7. The summed E-state index contributed by atoms with van der Waals surface area (Å²) in [6.45, 7) is 6.97. The fourth-order valence-corrected chi connectivity index (χ4v) is 4.82. The van der Waals surface area contributed by atoms with E-state index in [2.05, 4.69) is 37.0 Å². The molecule has 0 saturated carbocycles. The van der Waals surface area contributed by atoms with Crippen LogP contribution in [-0.4, -0.2) is 21.9 Å². The van der Waals surface area contributed by atoms with Crippen molar-refractivity contribution in [2.75, 3.05) is 5.75 Å². The predicted molar refractivity (Wildman–Crippen MR) is 97.1 cm³/mol. The summed E-state index contributed by atoms with van der Waals surface area (Å²) < 4.78 is 5.72. The Morgan fingerprint density at radius 2 is 2.25 bits per heavy atom. The molecule has 1 atom stereocenters. The van der Waals surface area contributed by atoms with E-state index in [1.54, 1.807) is 11.3 Å². The molecule has 7 heteroatoms. The number of nitrogens with two attached hydrogens (primary N) is 1. The molecule has 0 bridgehead atoms. The number of carbonyl (C=O) groups excluding carboxylic acids is 1. The number of carbonyl (C=O) groups is 1. The van der Waals surface area contributed by atoms with E-state index in [1.165, 1.54) is 28.6 Å². The Kier molecular flexibility index (Phi) is 5.01. The van der Waals surface area contributed by atoms with E-state index in [0.717, 1.165) is 23.6 Å². The summed E-state index contributed by atoms with van der Waals surface area (Å²) >= 11 is 3.13. The molecule has 1 amide bonds. The molecule has 1 unspecified atom stereocenters. The van der Waals surface area contributed by atoms with Gasteiger partial charge in [-0.3, -0.25) is 4.79 Å². The van der Waals surface area contributed by atoms with Crippen LogP contribution in [0.3, 0.4) is 0 Å². The maximum absolute atomic E-state index is 10.8. The number of thioether (sulfide) groups is 1. The van der Waals surface area contributed by atoms with Gasteiger partial charge in [-0.2, -0.15) is 0 Å². The molecular weight excluding hydrogens is 342 g/mol. The lowest BCUT2D eigenvalue weighted by atomic mass is 9.72. The van der Waals surface area contributed by atoms with Gasteiger partial charge in [0.05, 0.1) is 4.88 Å². The van der Waals surface area contributed by atoms with Crippen LogP contribution in [0.15, 0.2) is 15.7 Å². The number of rotatable bonds is 5. The Hall–Kier alpha value is -1.34. The smallest absolute Gasteiger partial charge is 0.276 e. The average Bonchev–Trinajstić information content (AvgIpc) is 3.10. The molecule has 2 N–H and O–H groups in total. The standard InChI is InChI=1S/C17H23N3O2S2/c1-17(2,3)11-4-5-12-10(8-11)9-13(24-12)15-19-20-16(22-15)23-7-6-14(18)21/h9,11H,4-8H2,1-3H3,(H2,18,21). The molecule has 0 aromatic carbocycles. The van der Waals surface area contributed by atoms with Gasteiger partial charge in [0.15, 0.2) is 0 Å². The molecule has 0 saturated heterocycles. The van der Waals surface area contributed by atoms with Crippen molar-refractivity contribution in [2.24, 2.45) is 17.1 Å². The zero-order valence-electron chi connectivity index (χ0n) is 14.3. The van der Waals surface area contributed by atoms with Gasteiger partial charge in [-0.05, 0) is 42.2 Å². The van der Waals surface area contributed by atoms with Gasteiger partial charge in [0.1, 0.15) is 0 Å². The van der Waals surface area contributed by atoms with Gasteiger partial charge in [0.25, 0.3) is 11.1 Å². The van der Waals surface area contributed by atoms with E-state index in [1.807, 2.05) is 0 Å². The van der Waals surface area contributed by atoms with Gasteiger partial charge in [0.2, 0.25) is 5.91 Å². The lowest BCUT2D eigenvalue weighted by Gasteiger charge is -2.33. The minimum atomic E-state index is -0.318. The highest BCUT2D eigenvalue weighted by molar-refractivity contribution is 7.99. The van der Waals surface area contributed by atoms with Crippen molar-refractivity contribution in [3.8, 4) is 10.8 Å². The SMILES string of the molecule is CC(C)(C)C1CCc2sc(-c3nnc(SCCC(N)=O)o3)cc2C1. The van der Waals surface area contributed by atoms with E-state index in [0.29, 0.717) is 28.7 Å². The van der Waals surface area contributed by atoms with Crippen LogP contribution in [0, 0.1) is 11.3 Å². The first-order chi connectivity index (χ1) is 11.3. The van der Waals surface area contributed by atoms with Gasteiger partial charge < -0.3 is 10.2 Å². The summed E-state index contributed by atoms with van der Waals surface area (Å²) in [5.74, 6) is 1.53. The van der Waals surface area contributed by atoms with Crippen molar-refractivity contribution in [3.63, 3.8) is 0 Å². The average molecular weight is 366 g/mol. The largest absolute Gasteiger partial charge is 0.410 e. The third-order valence-corrected chi connectivity index (χ3v) is 6.54. The Labute approximate surface area is 150 Å². The summed E-state index contributed by atoms with van der Waals surface area (Å²) in [6, 6.07) is 2.21. The number of hydrogen-bond acceptors (Lipinski definition) is 6. The third-order valence-electron chi connectivity index (χ3n) is 4.50. The van der Waals surface area contributed by atoms with Crippen molar-refractivity contribution in [2.45, 2.75) is 51.7 Å². The second-order valence-corrected chi connectivity index (χ2v) is 9.49. The van der Waals surface area contributed by atoms with Gasteiger partial charge in [-0.25, -0.2) is 0 Å². The Morgan fingerprint density at radius 1 is 1.46 bits per heavy atom. The highest BCUT2D eigenvalue weighted by Crippen LogP contribution is 2.42. The first-order valence-electron chi connectivity index (χ1n) is 8.19. The maximum Gasteiger partial charge on any atom is 0.276 e. The Balaban J connectivity index is 1.70. The fourth-order valence-electron chi connectivity index (χ4n) is 2.97. The lowest BCUT2D eigenvalue weighted by Crippen LogP contribution is -2.26. The van der Waals surface area contributed by atoms with Crippen LogP contribution in [0.1, 0.15) is 44.1 Å². The third kappa shape index (κ3) is 4.00. The van der Waals surface area contributed by atoms with Crippen LogP contribution in [0.25, 0.3) is 10.8 Å². The number of thiophene rings is 1. The molecule has 0 spiro atoms. The highest BCUT2D eigenvalue weighted by atomic mass is 32.2. The number of fused-ring (bicyclic) bond motifs is 1. The molecule has 3 rings (SSSR count). The van der Waals surface area contributed by atoms with Crippen molar-refractivity contribution in [3.05, 3.63) is 16.5 Å². The molecule has 24 heavy (non-hydrogen) atoms. The Bertz CT molecular complexity index is 731. The topological polar surface area (TPSA) is 82.0 Å². The summed E-state index contributed by atoms with van der Waals surface area (Å²) in [5, 5.41) is 8.69. The van der Waals surface area contributed by atoms with Crippen molar-refractivity contribution >= 4 is 29.0 Å². The monoisotopic (exact) mass is 365 g/mol. The molecule has 2 aromatic rings. The van der Waals surface area contributed by atoms with Gasteiger partial charge in [0, 0.05) is 17.1 Å². The molecule has 2 heterocycles. The van der Waals surface area contributed by atoms with E-state index in [4.69, 9.17) is 10.2 Å². The second-order valence-electron chi connectivity index (χ2n) is 7.30. The van der Waals surface area contributed by atoms with Crippen LogP contribution < -0.4 is 5.73 Å². The molecule has 5 nitrogen and oxygen atoms in total. The quantitative estimate of drug-likeness (QED) is 0.812. The maximum atomic E-state index is 10.8. The van der Waals surface area contributed by atoms with E-state index in [9.17, 15) is 4.79 Å². The van der Waals surface area contributed by atoms with Gasteiger partial charge in [-0.1, -0.05) is 32.5 Å². The number of aryl methyl sites for hydroxylation is 1. The molecular formula is C17H23N3O2S2. The first kappa shape index (κ1) is 17.5. The number of amides is 1. The molecule has 1 aliphatic carbocycles. The van der Waals surface area contributed by atoms with Crippen molar-refractivity contribution < 1.29 is 9.21 Å². The summed E-state index contributed by atoms with van der Waals surface area (Å²) in [6.07, 6.45) is 3.82. The first-order valence-corrected chi connectivity index (χ1v) is 9.99. The van der Waals surface area contributed by atoms with Crippen LogP contribution in [0.5, 0.6) is 0 Å². The zero-order chi connectivity index (χ0) is 17.3. The van der Waals surface area contributed by atoms with Gasteiger partial charge >= 0.3 is 0 Å². The molecule has 0 fully saturated rings. The number of nitrogens with zero attached hydrogens (tertiary/aromatic N) is 2. The lowest BCUT2D eigenvalue weighted by molar-refractivity contribution is -0.117. The van der Waals surface area contributed by atoms with Crippen LogP contribution in [-0.2, 0) is 17.6 Å². The van der Waals surface area contributed by atoms with Crippen LogP contribution in [0.2, 0.25) is 0 Å². The van der Waals surface area contributed by atoms with Gasteiger partial charge in [-0.15, -0.1) is 21.5 Å².